The zero-order valence-corrected chi connectivity index (χ0v) is 21.5. The van der Waals surface area contributed by atoms with Crippen molar-refractivity contribution in [1.29, 1.82) is 0 Å². The normalized spacial score (nSPS) is 15.1. The summed E-state index contributed by atoms with van der Waals surface area (Å²) in [6, 6.07) is -4.40. The van der Waals surface area contributed by atoms with Crippen molar-refractivity contribution in [3.05, 3.63) is 0 Å². The molecule has 5 unspecified atom stereocenters. The number of hydrogen-bond acceptors (Lipinski definition) is 7. The Morgan fingerprint density at radius 2 is 1.44 bits per heavy atom. The van der Waals surface area contributed by atoms with Crippen LogP contribution in [-0.2, 0) is 24.0 Å². The molecule has 0 aromatic carbocycles. The predicted molar refractivity (Wildman–Crippen MR) is 134 cm³/mol. The molecule has 206 valence electrons. The van der Waals surface area contributed by atoms with E-state index in [1.165, 1.54) is 0 Å². The van der Waals surface area contributed by atoms with E-state index < -0.39 is 59.7 Å². The molecule has 0 bridgehead atoms. The van der Waals surface area contributed by atoms with Crippen molar-refractivity contribution in [2.75, 3.05) is 6.54 Å². The number of nitrogens with two attached hydrogens (primary N) is 4. The summed E-state index contributed by atoms with van der Waals surface area (Å²) in [6.07, 6.45) is 0.827. The van der Waals surface area contributed by atoms with Crippen LogP contribution >= 0.6 is 0 Å². The number of rotatable bonds is 17. The summed E-state index contributed by atoms with van der Waals surface area (Å²) in [4.78, 5) is 65.2. The Hall–Kier alpha value is -3.42. The van der Waals surface area contributed by atoms with E-state index in [4.69, 9.17) is 22.9 Å². The molecule has 36 heavy (non-hydrogen) atoms. The first-order chi connectivity index (χ1) is 16.7. The molecular weight excluding hydrogens is 472 g/mol. The molecule has 14 heteroatoms. The van der Waals surface area contributed by atoms with Gasteiger partial charge in [0.1, 0.15) is 18.1 Å². The molecule has 0 aliphatic carbocycles. The molecule has 0 spiro atoms. The number of carbonyl (C=O) groups excluding carboxylic acids is 4. The van der Waals surface area contributed by atoms with E-state index in [1.807, 2.05) is 6.92 Å². The van der Waals surface area contributed by atoms with Gasteiger partial charge in [-0.2, -0.15) is 0 Å². The summed E-state index contributed by atoms with van der Waals surface area (Å²) in [7, 11) is 0. The van der Waals surface area contributed by atoms with Gasteiger partial charge in [-0.1, -0.05) is 34.1 Å². The summed E-state index contributed by atoms with van der Waals surface area (Å²) in [6.45, 7) is 7.09. The first-order valence-electron chi connectivity index (χ1n) is 11.9. The van der Waals surface area contributed by atoms with Crippen LogP contribution in [0.4, 0.5) is 0 Å². The van der Waals surface area contributed by atoms with E-state index >= 15 is 0 Å². The highest BCUT2D eigenvalue weighted by Crippen LogP contribution is 2.11. The van der Waals surface area contributed by atoms with Gasteiger partial charge in [-0.25, -0.2) is 4.79 Å². The monoisotopic (exact) mass is 514 g/mol. The van der Waals surface area contributed by atoms with E-state index in [0.717, 1.165) is 0 Å². The Bertz CT molecular complexity index is 799. The molecular formula is C22H42N8O6. The van der Waals surface area contributed by atoms with E-state index in [2.05, 4.69) is 20.9 Å². The smallest absolute Gasteiger partial charge is 0.326 e. The fourth-order valence-electron chi connectivity index (χ4n) is 3.20. The van der Waals surface area contributed by atoms with Crippen LogP contribution in [0.1, 0.15) is 59.8 Å². The largest absolute Gasteiger partial charge is 0.480 e. The van der Waals surface area contributed by atoms with Crippen LogP contribution in [-0.4, -0.2) is 71.4 Å². The molecule has 0 fully saturated rings. The number of amides is 4. The van der Waals surface area contributed by atoms with Crippen molar-refractivity contribution in [2.24, 2.45) is 39.8 Å². The number of nitrogens with one attached hydrogen (secondary N) is 3. The number of nitrogens with zero attached hydrogens (tertiary/aromatic N) is 1. The topological polar surface area (TPSA) is 258 Å². The lowest BCUT2D eigenvalue weighted by Crippen LogP contribution is -2.59. The highest BCUT2D eigenvalue weighted by atomic mass is 16.4. The zero-order chi connectivity index (χ0) is 28.0. The van der Waals surface area contributed by atoms with Gasteiger partial charge in [-0.3, -0.25) is 24.2 Å². The first kappa shape index (κ1) is 32.6. The van der Waals surface area contributed by atoms with E-state index in [1.54, 1.807) is 20.8 Å². The fourth-order valence-corrected chi connectivity index (χ4v) is 3.20. The highest BCUT2D eigenvalue weighted by Gasteiger charge is 2.33. The van der Waals surface area contributed by atoms with E-state index in [-0.39, 0.29) is 37.7 Å². The average molecular weight is 515 g/mol. The molecule has 4 amide bonds. The van der Waals surface area contributed by atoms with Crippen LogP contribution in [0.15, 0.2) is 4.99 Å². The average Bonchev–Trinajstić information content (AvgIpc) is 2.79. The zero-order valence-electron chi connectivity index (χ0n) is 21.5. The molecule has 0 aliphatic heterocycles. The van der Waals surface area contributed by atoms with Crippen LogP contribution in [0.2, 0.25) is 0 Å². The Morgan fingerprint density at radius 1 is 0.861 bits per heavy atom. The van der Waals surface area contributed by atoms with Crippen molar-refractivity contribution in [3.8, 4) is 0 Å². The van der Waals surface area contributed by atoms with Gasteiger partial charge in [0.15, 0.2) is 5.96 Å². The van der Waals surface area contributed by atoms with Gasteiger partial charge in [0.2, 0.25) is 23.6 Å². The lowest BCUT2D eigenvalue weighted by molar-refractivity contribution is -0.144. The van der Waals surface area contributed by atoms with Crippen molar-refractivity contribution in [2.45, 2.75) is 84.0 Å². The molecule has 0 aromatic heterocycles. The minimum absolute atomic E-state index is 0.0841. The number of carbonyl (C=O) groups is 5. The second-order valence-electron chi connectivity index (χ2n) is 9.06. The van der Waals surface area contributed by atoms with E-state index in [0.29, 0.717) is 12.8 Å². The summed E-state index contributed by atoms with van der Waals surface area (Å²) in [5, 5.41) is 16.9. The van der Waals surface area contributed by atoms with Crippen molar-refractivity contribution in [1.82, 2.24) is 16.0 Å². The molecule has 0 saturated heterocycles. The van der Waals surface area contributed by atoms with Crippen LogP contribution in [0.25, 0.3) is 0 Å². The van der Waals surface area contributed by atoms with Gasteiger partial charge < -0.3 is 44.0 Å². The van der Waals surface area contributed by atoms with Gasteiger partial charge in [-0.15, -0.1) is 0 Å². The number of carboxylic acids is 1. The third-order valence-electron chi connectivity index (χ3n) is 5.64. The maximum atomic E-state index is 13.1. The summed E-state index contributed by atoms with van der Waals surface area (Å²) in [5.74, 6) is -4.76. The molecule has 0 saturated carbocycles. The molecule has 12 N–H and O–H groups in total. The molecule has 0 radical (unpaired) electrons. The quantitative estimate of drug-likeness (QED) is 0.0598. The Kier molecular flexibility index (Phi) is 14.7. The second-order valence-corrected chi connectivity index (χ2v) is 9.06. The third-order valence-corrected chi connectivity index (χ3v) is 5.64. The summed E-state index contributed by atoms with van der Waals surface area (Å²) in [5.41, 5.74) is 21.6. The number of primary amides is 1. The van der Waals surface area contributed by atoms with Gasteiger partial charge in [0.25, 0.3) is 0 Å². The molecule has 0 heterocycles. The maximum absolute atomic E-state index is 13.1. The molecule has 0 aliphatic rings. The van der Waals surface area contributed by atoms with Gasteiger partial charge in [0, 0.05) is 13.0 Å². The van der Waals surface area contributed by atoms with Gasteiger partial charge in [-0.05, 0) is 31.1 Å². The number of hydrogen-bond donors (Lipinski definition) is 8. The molecule has 14 nitrogen and oxygen atoms in total. The van der Waals surface area contributed by atoms with Crippen molar-refractivity contribution >= 4 is 35.6 Å². The predicted octanol–water partition coefficient (Wildman–Crippen LogP) is -2.13. The second kappa shape index (κ2) is 16.3. The Balaban J connectivity index is 5.52. The van der Waals surface area contributed by atoms with Crippen molar-refractivity contribution in [3.63, 3.8) is 0 Å². The summed E-state index contributed by atoms with van der Waals surface area (Å²) >= 11 is 0. The standard InChI is InChI=1S/C22H42N8O6/c1-5-12(4)17(20(34)29-16(11(2)3)21(35)36)30-19(33)14(8-9-15(24)31)28-18(32)13(23)7-6-10-27-22(25)26/h11-14,16-17H,5-10,23H2,1-4H3,(H2,24,31)(H,28,32)(H,29,34)(H,30,33)(H,35,36)(H4,25,26,27). The summed E-state index contributed by atoms with van der Waals surface area (Å²) < 4.78 is 0. The molecule has 5 atom stereocenters. The number of aliphatic imine (C=N–C) groups is 1. The minimum Gasteiger partial charge on any atom is -0.480 e. The Labute approximate surface area is 211 Å². The van der Waals surface area contributed by atoms with Crippen LogP contribution in [0, 0.1) is 11.8 Å². The van der Waals surface area contributed by atoms with Crippen molar-refractivity contribution < 1.29 is 29.1 Å². The first-order valence-corrected chi connectivity index (χ1v) is 11.9. The van der Waals surface area contributed by atoms with Gasteiger partial charge >= 0.3 is 5.97 Å². The third kappa shape index (κ3) is 12.3. The highest BCUT2D eigenvalue weighted by molar-refractivity contribution is 5.94. The number of aliphatic carboxylic acids is 1. The maximum Gasteiger partial charge on any atom is 0.326 e. The van der Waals surface area contributed by atoms with Crippen LogP contribution in [0.5, 0.6) is 0 Å². The lowest BCUT2D eigenvalue weighted by atomic mass is 9.96. The molecule has 0 rings (SSSR count). The van der Waals surface area contributed by atoms with Crippen LogP contribution < -0.4 is 38.9 Å². The van der Waals surface area contributed by atoms with Crippen LogP contribution in [0.3, 0.4) is 0 Å². The minimum atomic E-state index is -1.20. The Morgan fingerprint density at radius 3 is 1.92 bits per heavy atom. The number of carboxylic acid groups (broad SMARTS) is 1. The number of guanidine groups is 1. The molecule has 0 aromatic rings. The van der Waals surface area contributed by atoms with Gasteiger partial charge in [0.05, 0.1) is 6.04 Å². The van der Waals surface area contributed by atoms with E-state index in [9.17, 15) is 29.1 Å². The SMILES string of the molecule is CCC(C)C(NC(=O)C(CCC(N)=O)NC(=O)C(N)CCCN=C(N)N)C(=O)NC(C(=O)O)C(C)C. The fraction of sp³-hybridized carbons (Fsp3) is 0.727. The lowest BCUT2D eigenvalue weighted by Gasteiger charge is -2.28.